The Bertz CT molecular complexity index is 413. The number of hydrogen-bond acceptors (Lipinski definition) is 1. The van der Waals surface area contributed by atoms with Crippen LogP contribution in [-0.4, -0.2) is 11.8 Å². The van der Waals surface area contributed by atoms with Gasteiger partial charge in [-0.05, 0) is 18.9 Å². The molecule has 0 amide bonds. The summed E-state index contributed by atoms with van der Waals surface area (Å²) in [7, 11) is 0. The summed E-state index contributed by atoms with van der Waals surface area (Å²) in [5.74, 6) is 0.310. The molecule has 0 radical (unpaired) electrons. The molecule has 2 heteroatoms. The summed E-state index contributed by atoms with van der Waals surface area (Å²) in [4.78, 5) is 15.7. The zero-order valence-electron chi connectivity index (χ0n) is 9.86. The van der Waals surface area contributed by atoms with E-state index >= 15 is 0 Å². The summed E-state index contributed by atoms with van der Waals surface area (Å²) in [5.41, 5.74) is 0.976. The van der Waals surface area contributed by atoms with Crippen molar-refractivity contribution in [1.82, 2.24) is 0 Å². The highest BCUT2D eigenvalue weighted by Crippen LogP contribution is 2.46. The number of rotatable bonds is 1. The maximum atomic E-state index is 12.0. The zero-order chi connectivity index (χ0) is 11.8. The van der Waals surface area contributed by atoms with Crippen LogP contribution in [0.25, 0.3) is 4.85 Å². The normalized spacial score (nSPS) is 37.6. The van der Waals surface area contributed by atoms with Crippen LogP contribution in [0.5, 0.6) is 0 Å². The first kappa shape index (κ1) is 11.1. The minimum Gasteiger partial charge on any atom is -0.313 e. The van der Waals surface area contributed by atoms with Gasteiger partial charge in [0.15, 0.2) is 5.78 Å². The van der Waals surface area contributed by atoms with E-state index in [1.54, 1.807) is 6.08 Å². The molecule has 0 saturated heterocycles. The molecule has 0 heterocycles. The molecule has 2 nitrogen and oxygen atoms in total. The van der Waals surface area contributed by atoms with Crippen LogP contribution in [0.3, 0.4) is 0 Å². The van der Waals surface area contributed by atoms with E-state index in [0.29, 0.717) is 0 Å². The molecule has 0 aromatic heterocycles. The Hall–Kier alpha value is -1.36. The van der Waals surface area contributed by atoms with Gasteiger partial charge in [-0.25, -0.2) is 6.57 Å². The number of carbonyl (C=O) groups excluding carboxylic acids is 1. The summed E-state index contributed by atoms with van der Waals surface area (Å²) in [5, 5.41) is 0. The SMILES string of the molecule is [C-]#[N+]C1CC=C(CC)C[C@]2(C)C(=O)C=C[C@H]12. The van der Waals surface area contributed by atoms with Gasteiger partial charge in [-0.1, -0.05) is 31.6 Å². The summed E-state index contributed by atoms with van der Waals surface area (Å²) >= 11 is 0. The van der Waals surface area contributed by atoms with E-state index in [1.165, 1.54) is 5.57 Å². The standard InChI is InChI=1S/C14H17NO/c1-4-10-5-7-12(15-3)11-6-8-13(16)14(11,2)9-10/h5-6,8,11-12H,4,7,9H2,1-2H3/t11-,12?,14+/m1/s1. The number of nitrogens with zero attached hydrogens (tertiary/aromatic N) is 1. The first-order valence-corrected chi connectivity index (χ1v) is 5.89. The molecular weight excluding hydrogens is 198 g/mol. The highest BCUT2D eigenvalue weighted by molar-refractivity contribution is 5.98. The Morgan fingerprint density at radius 2 is 2.38 bits per heavy atom. The first-order valence-electron chi connectivity index (χ1n) is 5.89. The van der Waals surface area contributed by atoms with E-state index in [4.69, 9.17) is 6.57 Å². The predicted octanol–water partition coefficient (Wildman–Crippen LogP) is 3.17. The fraction of sp³-hybridized carbons (Fsp3) is 0.571. The third kappa shape index (κ3) is 1.51. The van der Waals surface area contributed by atoms with Gasteiger partial charge in [-0.2, -0.15) is 0 Å². The summed E-state index contributed by atoms with van der Waals surface area (Å²) in [6.07, 6.45) is 8.42. The van der Waals surface area contributed by atoms with Crippen LogP contribution in [0.2, 0.25) is 0 Å². The van der Waals surface area contributed by atoms with Gasteiger partial charge >= 0.3 is 0 Å². The van der Waals surface area contributed by atoms with E-state index in [2.05, 4.69) is 17.8 Å². The van der Waals surface area contributed by atoms with Gasteiger partial charge in [0.05, 0.1) is 5.92 Å². The van der Waals surface area contributed by atoms with Crippen molar-refractivity contribution >= 4 is 5.78 Å². The number of carbonyl (C=O) groups is 1. The Balaban J connectivity index is 2.40. The lowest BCUT2D eigenvalue weighted by molar-refractivity contribution is -0.123. The first-order chi connectivity index (χ1) is 7.61. The molecule has 0 bridgehead atoms. The van der Waals surface area contributed by atoms with Crippen LogP contribution in [-0.2, 0) is 4.79 Å². The Morgan fingerprint density at radius 1 is 1.62 bits per heavy atom. The molecule has 0 saturated carbocycles. The molecule has 3 atom stereocenters. The van der Waals surface area contributed by atoms with E-state index in [0.717, 1.165) is 19.3 Å². The molecular formula is C14H17NO. The number of fused-ring (bicyclic) bond motifs is 1. The molecule has 2 aliphatic carbocycles. The van der Waals surface area contributed by atoms with Crippen LogP contribution in [0.15, 0.2) is 23.8 Å². The van der Waals surface area contributed by atoms with Crippen molar-refractivity contribution in [2.45, 2.75) is 39.2 Å². The third-order valence-electron chi connectivity index (χ3n) is 4.03. The molecule has 1 unspecified atom stereocenters. The third-order valence-corrected chi connectivity index (χ3v) is 4.03. The van der Waals surface area contributed by atoms with Crippen molar-refractivity contribution in [1.29, 1.82) is 0 Å². The van der Waals surface area contributed by atoms with E-state index in [9.17, 15) is 4.79 Å². The van der Waals surface area contributed by atoms with Crippen LogP contribution in [0.1, 0.15) is 33.1 Å². The Kier molecular flexibility index (Phi) is 2.71. The topological polar surface area (TPSA) is 21.4 Å². The molecule has 84 valence electrons. The molecule has 0 aliphatic heterocycles. The predicted molar refractivity (Wildman–Crippen MR) is 63.7 cm³/mol. The molecule has 2 rings (SSSR count). The smallest absolute Gasteiger partial charge is 0.234 e. The van der Waals surface area contributed by atoms with Gasteiger partial charge in [-0.3, -0.25) is 4.79 Å². The fourth-order valence-corrected chi connectivity index (χ4v) is 2.90. The lowest BCUT2D eigenvalue weighted by Crippen LogP contribution is -2.34. The molecule has 0 spiro atoms. The van der Waals surface area contributed by atoms with Gasteiger partial charge in [0.1, 0.15) is 0 Å². The van der Waals surface area contributed by atoms with Crippen LogP contribution >= 0.6 is 0 Å². The second-order valence-corrected chi connectivity index (χ2v) is 4.99. The van der Waals surface area contributed by atoms with Crippen molar-refractivity contribution in [2.24, 2.45) is 11.3 Å². The number of ketones is 1. The molecule has 2 aliphatic rings. The zero-order valence-corrected chi connectivity index (χ0v) is 9.86. The highest BCUT2D eigenvalue weighted by atomic mass is 16.1. The summed E-state index contributed by atoms with van der Waals surface area (Å²) < 4.78 is 0. The lowest BCUT2D eigenvalue weighted by atomic mass is 9.72. The molecule has 0 aromatic carbocycles. The molecule has 0 fully saturated rings. The van der Waals surface area contributed by atoms with Gasteiger partial charge < -0.3 is 4.85 Å². The Labute approximate surface area is 96.9 Å². The quantitative estimate of drug-likeness (QED) is 0.486. The summed E-state index contributed by atoms with van der Waals surface area (Å²) in [6.45, 7) is 11.4. The van der Waals surface area contributed by atoms with E-state index in [1.807, 2.05) is 13.0 Å². The van der Waals surface area contributed by atoms with Crippen molar-refractivity contribution in [2.75, 3.05) is 0 Å². The van der Waals surface area contributed by atoms with Gasteiger partial charge in [0, 0.05) is 11.8 Å². The minimum atomic E-state index is -0.354. The minimum absolute atomic E-state index is 0.0586. The van der Waals surface area contributed by atoms with Crippen molar-refractivity contribution in [3.05, 3.63) is 35.2 Å². The lowest BCUT2D eigenvalue weighted by Gasteiger charge is -2.28. The van der Waals surface area contributed by atoms with Crippen molar-refractivity contribution in [3.8, 4) is 0 Å². The van der Waals surface area contributed by atoms with Gasteiger partial charge in [0.25, 0.3) is 0 Å². The van der Waals surface area contributed by atoms with Crippen molar-refractivity contribution < 1.29 is 4.79 Å². The van der Waals surface area contributed by atoms with Crippen LogP contribution in [0, 0.1) is 17.9 Å². The number of allylic oxidation sites excluding steroid dienone is 2. The van der Waals surface area contributed by atoms with Crippen LogP contribution in [0.4, 0.5) is 0 Å². The monoisotopic (exact) mass is 215 g/mol. The van der Waals surface area contributed by atoms with E-state index in [-0.39, 0.29) is 23.2 Å². The van der Waals surface area contributed by atoms with Gasteiger partial charge in [-0.15, -0.1) is 0 Å². The highest BCUT2D eigenvalue weighted by Gasteiger charge is 2.49. The average molecular weight is 215 g/mol. The molecule has 0 N–H and O–H groups in total. The van der Waals surface area contributed by atoms with Crippen molar-refractivity contribution in [3.63, 3.8) is 0 Å². The fourth-order valence-electron chi connectivity index (χ4n) is 2.90. The van der Waals surface area contributed by atoms with Crippen LogP contribution < -0.4 is 0 Å². The second-order valence-electron chi connectivity index (χ2n) is 4.99. The van der Waals surface area contributed by atoms with Gasteiger partial charge in [0.2, 0.25) is 6.04 Å². The maximum absolute atomic E-state index is 12.0. The second kappa shape index (κ2) is 3.90. The average Bonchev–Trinajstić information content (AvgIpc) is 2.49. The largest absolute Gasteiger partial charge is 0.313 e. The molecule has 0 aromatic rings. The Morgan fingerprint density at radius 3 is 3.00 bits per heavy atom. The number of hydrogen-bond donors (Lipinski definition) is 0. The summed E-state index contributed by atoms with van der Waals surface area (Å²) in [6, 6.07) is -0.0586. The van der Waals surface area contributed by atoms with E-state index < -0.39 is 0 Å². The molecule has 16 heavy (non-hydrogen) atoms. The maximum Gasteiger partial charge on any atom is 0.234 e.